The van der Waals surface area contributed by atoms with E-state index in [1.165, 1.54) is 16.7 Å². The van der Waals surface area contributed by atoms with E-state index in [1.54, 1.807) is 45.0 Å². The lowest BCUT2D eigenvalue weighted by molar-refractivity contribution is 0.0579. The van der Waals surface area contributed by atoms with Crippen LogP contribution in [-0.2, 0) is 13.6 Å². The second-order valence-corrected chi connectivity index (χ2v) is 10.5. The number of imide groups is 1. The van der Waals surface area contributed by atoms with Crippen LogP contribution in [0.1, 0.15) is 55.3 Å². The van der Waals surface area contributed by atoms with E-state index in [9.17, 15) is 14.2 Å². The van der Waals surface area contributed by atoms with Gasteiger partial charge in [0.15, 0.2) is 0 Å². The van der Waals surface area contributed by atoms with Crippen LogP contribution in [0.4, 0.5) is 0 Å². The molecule has 144 valence electrons. The third kappa shape index (κ3) is 4.22. The topological polar surface area (TPSA) is 72.9 Å². The number of carbonyl (C=O) groups is 2. The van der Waals surface area contributed by atoms with Gasteiger partial charge in [-0.25, -0.2) is 0 Å². The van der Waals surface area contributed by atoms with Crippen molar-refractivity contribution in [2.75, 3.05) is 19.4 Å². The molecule has 0 aromatic heterocycles. The van der Waals surface area contributed by atoms with Gasteiger partial charge in [0.1, 0.15) is 4.87 Å². The van der Waals surface area contributed by atoms with Crippen molar-refractivity contribution in [1.82, 2.24) is 4.90 Å². The normalized spacial score (nSPS) is 16.9. The number of thioether (sulfide) groups is 1. The standard InChI is InChI=1S/C18H26NO5PS/c1-6-23-25(22,24-7-2)12-18(5,26-13(3)4)19-16(20)14-10-8-9-11-15(14)17(19)21/h8-11,13H,6-7,12H2,1-5H3. The van der Waals surface area contributed by atoms with Crippen LogP contribution in [0.25, 0.3) is 0 Å². The summed E-state index contributed by atoms with van der Waals surface area (Å²) in [6, 6.07) is 6.73. The summed E-state index contributed by atoms with van der Waals surface area (Å²) in [5.74, 6) is -0.749. The molecule has 0 spiro atoms. The summed E-state index contributed by atoms with van der Waals surface area (Å²) in [7, 11) is -3.46. The van der Waals surface area contributed by atoms with E-state index in [1.807, 2.05) is 13.8 Å². The second-order valence-electron chi connectivity index (χ2n) is 6.44. The number of hydrogen-bond acceptors (Lipinski definition) is 6. The minimum absolute atomic E-state index is 0.0595. The number of hydrogen-bond donors (Lipinski definition) is 0. The molecule has 0 radical (unpaired) electrons. The molecule has 0 N–H and O–H groups in total. The van der Waals surface area contributed by atoms with Crippen molar-refractivity contribution >= 4 is 31.2 Å². The van der Waals surface area contributed by atoms with Crippen molar-refractivity contribution < 1.29 is 23.2 Å². The zero-order valence-corrected chi connectivity index (χ0v) is 17.6. The highest BCUT2D eigenvalue weighted by atomic mass is 32.2. The largest absolute Gasteiger partial charge is 0.333 e. The van der Waals surface area contributed by atoms with Crippen LogP contribution in [0.2, 0.25) is 0 Å². The fraction of sp³-hybridized carbons (Fsp3) is 0.556. The summed E-state index contributed by atoms with van der Waals surface area (Å²) >= 11 is 1.41. The highest BCUT2D eigenvalue weighted by Gasteiger charge is 2.50. The van der Waals surface area contributed by atoms with E-state index in [0.29, 0.717) is 11.1 Å². The van der Waals surface area contributed by atoms with E-state index in [4.69, 9.17) is 9.05 Å². The molecule has 1 aliphatic rings. The van der Waals surface area contributed by atoms with Gasteiger partial charge < -0.3 is 9.05 Å². The van der Waals surface area contributed by atoms with Crippen LogP contribution in [0, 0.1) is 0 Å². The first-order chi connectivity index (χ1) is 12.2. The Kier molecular flexibility index (Phi) is 6.72. The maximum atomic E-state index is 13.1. The van der Waals surface area contributed by atoms with Gasteiger partial charge in [0, 0.05) is 5.25 Å². The summed E-state index contributed by atoms with van der Waals surface area (Å²) in [4.78, 5) is 26.1. The van der Waals surface area contributed by atoms with Gasteiger partial charge in [0.05, 0.1) is 30.5 Å². The molecule has 2 rings (SSSR count). The minimum Gasteiger partial charge on any atom is -0.309 e. The summed E-state index contributed by atoms with van der Waals surface area (Å²) in [6.07, 6.45) is -0.0595. The lowest BCUT2D eigenvalue weighted by Crippen LogP contribution is -2.50. The van der Waals surface area contributed by atoms with Gasteiger partial charge in [-0.3, -0.25) is 19.1 Å². The lowest BCUT2D eigenvalue weighted by atomic mass is 10.1. The Morgan fingerprint density at radius 2 is 1.54 bits per heavy atom. The van der Waals surface area contributed by atoms with Gasteiger partial charge in [-0.1, -0.05) is 26.0 Å². The van der Waals surface area contributed by atoms with Crippen LogP contribution in [0.5, 0.6) is 0 Å². The Hall–Kier alpha value is -1.14. The van der Waals surface area contributed by atoms with Crippen LogP contribution < -0.4 is 0 Å². The first kappa shape index (κ1) is 21.2. The maximum absolute atomic E-state index is 13.1. The van der Waals surface area contributed by atoms with Crippen molar-refractivity contribution in [3.63, 3.8) is 0 Å². The van der Waals surface area contributed by atoms with Crippen LogP contribution >= 0.6 is 19.4 Å². The monoisotopic (exact) mass is 399 g/mol. The quantitative estimate of drug-likeness (QED) is 0.452. The Bertz CT molecular complexity index is 693. The fourth-order valence-corrected chi connectivity index (χ4v) is 7.13. The molecule has 1 aliphatic heterocycles. The van der Waals surface area contributed by atoms with Gasteiger partial charge in [-0.05, 0) is 32.9 Å². The van der Waals surface area contributed by atoms with E-state index >= 15 is 0 Å². The summed E-state index contributed by atoms with van der Waals surface area (Å²) in [6.45, 7) is 9.61. The zero-order chi connectivity index (χ0) is 19.5. The van der Waals surface area contributed by atoms with Crippen molar-refractivity contribution in [2.24, 2.45) is 0 Å². The lowest BCUT2D eigenvalue weighted by Gasteiger charge is -2.39. The molecule has 1 unspecified atom stereocenters. The van der Waals surface area contributed by atoms with Crippen LogP contribution in [-0.4, -0.2) is 46.2 Å². The molecule has 6 nitrogen and oxygen atoms in total. The van der Waals surface area contributed by atoms with Crippen molar-refractivity contribution in [1.29, 1.82) is 0 Å². The van der Waals surface area contributed by atoms with E-state index in [0.717, 1.165) is 0 Å². The zero-order valence-electron chi connectivity index (χ0n) is 15.9. The van der Waals surface area contributed by atoms with Gasteiger partial charge in [0.25, 0.3) is 11.8 Å². The Morgan fingerprint density at radius 1 is 1.08 bits per heavy atom. The number of fused-ring (bicyclic) bond motifs is 1. The fourth-order valence-electron chi connectivity index (χ4n) is 3.17. The number of benzene rings is 1. The smallest absolute Gasteiger partial charge is 0.309 e. The average Bonchev–Trinajstić information content (AvgIpc) is 2.79. The first-order valence-electron chi connectivity index (χ1n) is 8.71. The van der Waals surface area contributed by atoms with Gasteiger partial charge in [-0.15, -0.1) is 11.8 Å². The van der Waals surface area contributed by atoms with Gasteiger partial charge in [0.2, 0.25) is 0 Å². The third-order valence-corrected chi connectivity index (χ3v) is 7.72. The number of amides is 2. The molecule has 0 fully saturated rings. The van der Waals surface area contributed by atoms with E-state index in [-0.39, 0.29) is 36.4 Å². The Morgan fingerprint density at radius 3 is 1.92 bits per heavy atom. The SMILES string of the molecule is CCOP(=O)(CC(C)(SC(C)C)N1C(=O)c2ccccc2C1=O)OCC. The second kappa shape index (κ2) is 8.26. The van der Waals surface area contributed by atoms with Crippen molar-refractivity contribution in [3.05, 3.63) is 35.4 Å². The molecular formula is C18H26NO5PS. The summed E-state index contributed by atoms with van der Waals surface area (Å²) in [5, 5.41) is 0.0982. The van der Waals surface area contributed by atoms with Crippen LogP contribution in [0.15, 0.2) is 24.3 Å². The molecule has 1 atom stereocenters. The van der Waals surface area contributed by atoms with Gasteiger partial charge in [-0.2, -0.15) is 0 Å². The van der Waals surface area contributed by atoms with E-state index in [2.05, 4.69) is 0 Å². The maximum Gasteiger partial charge on any atom is 0.333 e. The third-order valence-electron chi connectivity index (χ3n) is 3.90. The minimum atomic E-state index is -3.46. The molecule has 0 aliphatic carbocycles. The summed E-state index contributed by atoms with van der Waals surface area (Å²) < 4.78 is 24.0. The number of nitrogens with zero attached hydrogens (tertiary/aromatic N) is 1. The van der Waals surface area contributed by atoms with Gasteiger partial charge >= 0.3 is 7.60 Å². The first-order valence-corrected chi connectivity index (χ1v) is 11.3. The molecule has 26 heavy (non-hydrogen) atoms. The molecule has 8 heteroatoms. The number of rotatable bonds is 9. The highest BCUT2D eigenvalue weighted by Crippen LogP contribution is 2.55. The molecule has 1 aromatic carbocycles. The molecular weight excluding hydrogens is 373 g/mol. The summed E-state index contributed by atoms with van der Waals surface area (Å²) in [5.41, 5.74) is 0.742. The van der Waals surface area contributed by atoms with Crippen molar-refractivity contribution in [2.45, 2.75) is 44.7 Å². The van der Waals surface area contributed by atoms with Crippen molar-refractivity contribution in [3.8, 4) is 0 Å². The Balaban J connectivity index is 2.46. The molecule has 0 bridgehead atoms. The molecule has 1 aromatic rings. The Labute approximate surface area is 159 Å². The number of carbonyl (C=O) groups excluding carboxylic acids is 2. The molecule has 2 amide bonds. The van der Waals surface area contributed by atoms with E-state index < -0.39 is 12.5 Å². The predicted octanol–water partition coefficient (Wildman–Crippen LogP) is 4.41. The predicted molar refractivity (Wildman–Crippen MR) is 104 cm³/mol. The average molecular weight is 399 g/mol. The highest BCUT2D eigenvalue weighted by molar-refractivity contribution is 8.01. The molecule has 0 saturated carbocycles. The van der Waals surface area contributed by atoms with Crippen LogP contribution in [0.3, 0.4) is 0 Å². The molecule has 1 heterocycles. The molecule has 0 saturated heterocycles.